The number of hydrogen-bond donors (Lipinski definition) is 5. The van der Waals surface area contributed by atoms with E-state index in [9.17, 15) is 19.6 Å². The lowest BCUT2D eigenvalue weighted by Crippen LogP contribution is -2.34. The Bertz CT molecular complexity index is 555. The van der Waals surface area contributed by atoms with E-state index in [1.807, 2.05) is 0 Å². The van der Waals surface area contributed by atoms with Crippen LogP contribution in [0.1, 0.15) is 6.92 Å². The van der Waals surface area contributed by atoms with Crippen LogP contribution >= 0.6 is 7.82 Å². The third-order valence-electron chi connectivity index (χ3n) is 2.86. The van der Waals surface area contributed by atoms with Crippen molar-refractivity contribution in [2.45, 2.75) is 31.5 Å². The van der Waals surface area contributed by atoms with Crippen molar-refractivity contribution in [3.63, 3.8) is 0 Å². The molecule has 1 heterocycles. The van der Waals surface area contributed by atoms with E-state index in [1.165, 1.54) is 6.08 Å². The Balaban J connectivity index is 2.75. The SMILES string of the molecule is C/C=C\C=C(/C=N[C@@H]1O[C@H](COP(=O)(O)O)C(O)[C@@H]1O)C(N)=O. The quantitative estimate of drug-likeness (QED) is 0.161. The van der Waals surface area contributed by atoms with Gasteiger partial charge in [0.05, 0.1) is 12.2 Å². The standard InChI is InChI=1S/C12H19N2O8P/c1-2-3-4-7(11(13)17)5-14-12-10(16)9(15)8(22-12)6-21-23(18,19)20/h2-5,8-10,12,15-16H,6H2,1H3,(H2,13,17)(H2,18,19,20)/b3-2-,7-4+,14-5?/t8-,9?,10+,12-/m1/s1. The number of allylic oxidation sites excluding steroid dienone is 3. The number of nitrogens with zero attached hydrogens (tertiary/aromatic N) is 1. The molecule has 1 amide bonds. The number of carbonyl (C=O) groups excluding carboxylic acids is 1. The van der Waals surface area contributed by atoms with E-state index in [0.29, 0.717) is 0 Å². The van der Waals surface area contributed by atoms with Gasteiger partial charge in [0.2, 0.25) is 5.91 Å². The molecule has 0 aromatic rings. The molecule has 1 rings (SSSR count). The van der Waals surface area contributed by atoms with Gasteiger partial charge in [-0.2, -0.15) is 0 Å². The summed E-state index contributed by atoms with van der Waals surface area (Å²) >= 11 is 0. The highest BCUT2D eigenvalue weighted by Gasteiger charge is 2.43. The van der Waals surface area contributed by atoms with Gasteiger partial charge in [0.15, 0.2) is 6.23 Å². The van der Waals surface area contributed by atoms with Crippen molar-refractivity contribution in [2.75, 3.05) is 6.61 Å². The number of aliphatic hydroxyl groups excluding tert-OH is 2. The summed E-state index contributed by atoms with van der Waals surface area (Å²) in [6.07, 6.45) is 0.376. The maximum absolute atomic E-state index is 11.2. The summed E-state index contributed by atoms with van der Waals surface area (Å²) in [6, 6.07) is 0. The molecule has 0 aliphatic carbocycles. The van der Waals surface area contributed by atoms with Crippen molar-refractivity contribution < 1.29 is 38.6 Å². The summed E-state index contributed by atoms with van der Waals surface area (Å²) in [5.41, 5.74) is 5.20. The number of aliphatic hydroxyl groups is 2. The first kappa shape index (κ1) is 19.7. The van der Waals surface area contributed by atoms with E-state index >= 15 is 0 Å². The topological polar surface area (TPSA) is 172 Å². The average molecular weight is 350 g/mol. The van der Waals surface area contributed by atoms with Gasteiger partial charge in [-0.3, -0.25) is 14.3 Å². The van der Waals surface area contributed by atoms with Gasteiger partial charge < -0.3 is 30.5 Å². The van der Waals surface area contributed by atoms with Crippen LogP contribution in [-0.2, 0) is 18.6 Å². The maximum Gasteiger partial charge on any atom is 0.469 e. The summed E-state index contributed by atoms with van der Waals surface area (Å²) in [5.74, 6) is -0.749. The van der Waals surface area contributed by atoms with E-state index < -0.39 is 44.9 Å². The molecule has 4 atom stereocenters. The van der Waals surface area contributed by atoms with Crippen LogP contribution in [0.3, 0.4) is 0 Å². The summed E-state index contributed by atoms with van der Waals surface area (Å²) in [7, 11) is -4.73. The second kappa shape index (κ2) is 8.46. The molecule has 1 fully saturated rings. The fourth-order valence-electron chi connectivity index (χ4n) is 1.70. The van der Waals surface area contributed by atoms with Gasteiger partial charge in [0, 0.05) is 6.21 Å². The van der Waals surface area contributed by atoms with Crippen molar-refractivity contribution in [3.05, 3.63) is 23.8 Å². The Labute approximate surface area is 132 Å². The van der Waals surface area contributed by atoms with Gasteiger partial charge in [-0.25, -0.2) is 4.57 Å². The third-order valence-corrected chi connectivity index (χ3v) is 3.34. The minimum Gasteiger partial charge on any atom is -0.387 e. The monoisotopic (exact) mass is 350 g/mol. The molecular weight excluding hydrogens is 331 g/mol. The van der Waals surface area contributed by atoms with Gasteiger partial charge in [-0.05, 0) is 13.0 Å². The lowest BCUT2D eigenvalue weighted by Gasteiger charge is -2.14. The Morgan fingerprint density at radius 2 is 2.04 bits per heavy atom. The van der Waals surface area contributed by atoms with E-state index in [0.717, 1.165) is 6.21 Å². The van der Waals surface area contributed by atoms with Crippen LogP contribution in [0, 0.1) is 0 Å². The number of aliphatic imine (C=N–C) groups is 1. The zero-order valence-electron chi connectivity index (χ0n) is 12.2. The van der Waals surface area contributed by atoms with Crippen LogP contribution in [0.4, 0.5) is 0 Å². The molecule has 1 unspecified atom stereocenters. The Morgan fingerprint density at radius 3 is 2.57 bits per heavy atom. The number of hydrogen-bond acceptors (Lipinski definition) is 7. The lowest BCUT2D eigenvalue weighted by molar-refractivity contribution is -0.114. The summed E-state index contributed by atoms with van der Waals surface area (Å²) in [6.45, 7) is 1.10. The smallest absolute Gasteiger partial charge is 0.387 e. The largest absolute Gasteiger partial charge is 0.469 e. The summed E-state index contributed by atoms with van der Waals surface area (Å²) in [4.78, 5) is 32.2. The van der Waals surface area contributed by atoms with Crippen molar-refractivity contribution in [1.82, 2.24) is 0 Å². The van der Waals surface area contributed by atoms with Crippen LogP contribution < -0.4 is 5.73 Å². The van der Waals surface area contributed by atoms with Crippen LogP contribution in [0.15, 0.2) is 28.8 Å². The lowest BCUT2D eigenvalue weighted by atomic mass is 10.1. The van der Waals surface area contributed by atoms with E-state index in [2.05, 4.69) is 9.52 Å². The molecule has 1 aliphatic heterocycles. The Kier molecular flexibility index (Phi) is 7.23. The molecule has 0 spiro atoms. The molecule has 0 aromatic heterocycles. The minimum atomic E-state index is -4.73. The highest BCUT2D eigenvalue weighted by molar-refractivity contribution is 7.46. The van der Waals surface area contributed by atoms with Crippen LogP contribution in [-0.4, -0.2) is 63.3 Å². The van der Waals surface area contributed by atoms with Crippen molar-refractivity contribution in [3.8, 4) is 0 Å². The minimum absolute atomic E-state index is 0.0447. The second-order valence-electron chi connectivity index (χ2n) is 4.62. The first-order valence-corrected chi connectivity index (χ1v) is 8.06. The first-order chi connectivity index (χ1) is 10.7. The van der Waals surface area contributed by atoms with Crippen molar-refractivity contribution in [2.24, 2.45) is 10.7 Å². The van der Waals surface area contributed by atoms with Gasteiger partial charge in [0.25, 0.3) is 0 Å². The number of nitrogens with two attached hydrogens (primary N) is 1. The zero-order valence-corrected chi connectivity index (χ0v) is 13.1. The molecular formula is C12H19N2O8P. The van der Waals surface area contributed by atoms with Crippen LogP contribution in [0.5, 0.6) is 0 Å². The molecule has 1 aliphatic rings. The molecule has 130 valence electrons. The second-order valence-corrected chi connectivity index (χ2v) is 5.86. The van der Waals surface area contributed by atoms with Crippen molar-refractivity contribution >= 4 is 19.9 Å². The molecule has 11 heteroatoms. The van der Waals surface area contributed by atoms with Gasteiger partial charge >= 0.3 is 7.82 Å². The van der Waals surface area contributed by atoms with Gasteiger partial charge in [0.1, 0.15) is 18.3 Å². The average Bonchev–Trinajstić information content (AvgIpc) is 2.72. The highest BCUT2D eigenvalue weighted by atomic mass is 31.2. The predicted molar refractivity (Wildman–Crippen MR) is 79.3 cm³/mol. The number of amides is 1. The Morgan fingerprint density at radius 1 is 1.39 bits per heavy atom. The summed E-state index contributed by atoms with van der Waals surface area (Å²) in [5, 5.41) is 19.5. The van der Waals surface area contributed by atoms with E-state index in [1.54, 1.807) is 19.1 Å². The fraction of sp³-hybridized carbons (Fsp3) is 0.500. The fourth-order valence-corrected chi connectivity index (χ4v) is 2.04. The molecule has 1 saturated heterocycles. The maximum atomic E-state index is 11.2. The van der Waals surface area contributed by atoms with E-state index in [-0.39, 0.29) is 5.57 Å². The zero-order chi connectivity index (χ0) is 17.6. The number of phosphoric acid groups is 1. The number of ether oxygens (including phenoxy) is 1. The highest BCUT2D eigenvalue weighted by Crippen LogP contribution is 2.37. The van der Waals surface area contributed by atoms with Crippen molar-refractivity contribution in [1.29, 1.82) is 0 Å². The predicted octanol–water partition coefficient (Wildman–Crippen LogP) is -1.40. The number of primary amides is 1. The normalized spacial score (nSPS) is 29.7. The first-order valence-electron chi connectivity index (χ1n) is 6.53. The molecule has 0 saturated carbocycles. The molecule has 0 radical (unpaired) electrons. The molecule has 0 bridgehead atoms. The molecule has 23 heavy (non-hydrogen) atoms. The third kappa shape index (κ3) is 6.32. The molecule has 0 aromatic carbocycles. The molecule has 6 N–H and O–H groups in total. The number of phosphoric ester groups is 1. The number of rotatable bonds is 7. The van der Waals surface area contributed by atoms with E-state index in [4.69, 9.17) is 20.3 Å². The van der Waals surface area contributed by atoms with Crippen LogP contribution in [0.25, 0.3) is 0 Å². The van der Waals surface area contributed by atoms with Gasteiger partial charge in [-0.1, -0.05) is 12.2 Å². The van der Waals surface area contributed by atoms with Crippen LogP contribution in [0.2, 0.25) is 0 Å². The summed E-state index contributed by atoms with van der Waals surface area (Å²) < 4.78 is 20.0. The van der Waals surface area contributed by atoms with Gasteiger partial charge in [-0.15, -0.1) is 0 Å². The Hall–Kier alpha value is -1.39. The number of carbonyl (C=O) groups is 1. The molecule has 10 nitrogen and oxygen atoms in total.